The van der Waals surface area contributed by atoms with E-state index in [4.69, 9.17) is 4.74 Å². The molecule has 0 radical (unpaired) electrons. The van der Waals surface area contributed by atoms with Crippen LogP contribution < -0.4 is 5.56 Å². The third kappa shape index (κ3) is 3.41. The number of pyridine rings is 1. The fourth-order valence-electron chi connectivity index (χ4n) is 2.16. The fraction of sp³-hybridized carbons (Fsp3) is 0.333. The molecule has 0 fully saturated rings. The number of benzene rings is 1. The van der Waals surface area contributed by atoms with Crippen molar-refractivity contribution in [3.05, 3.63) is 33.2 Å². The van der Waals surface area contributed by atoms with Gasteiger partial charge in [0.2, 0.25) is 0 Å². The van der Waals surface area contributed by atoms with E-state index >= 15 is 0 Å². The largest absolute Gasteiger partial charge is 0.504 e. The van der Waals surface area contributed by atoms with Crippen molar-refractivity contribution in [2.24, 2.45) is 0 Å². The number of esters is 1. The average molecular weight is 370 g/mol. The van der Waals surface area contributed by atoms with Crippen LogP contribution in [0.4, 0.5) is 0 Å². The van der Waals surface area contributed by atoms with E-state index in [1.165, 1.54) is 16.7 Å². The molecule has 2 rings (SSSR count). The Balaban J connectivity index is 2.28. The minimum absolute atomic E-state index is 0.233. The number of hydrogen-bond acceptors (Lipinski definition) is 5. The summed E-state index contributed by atoms with van der Waals surface area (Å²) in [5, 5.41) is 19.9. The van der Waals surface area contributed by atoms with E-state index in [0.717, 1.165) is 0 Å². The van der Waals surface area contributed by atoms with Crippen molar-refractivity contribution in [1.29, 1.82) is 0 Å². The quantitative estimate of drug-likeness (QED) is 0.624. The summed E-state index contributed by atoms with van der Waals surface area (Å²) in [5.41, 5.74) is -0.294. The van der Waals surface area contributed by atoms with E-state index in [0.29, 0.717) is 34.8 Å². The molecule has 1 heterocycles. The van der Waals surface area contributed by atoms with Crippen molar-refractivity contribution in [3.63, 3.8) is 0 Å². The van der Waals surface area contributed by atoms with Crippen LogP contribution in [-0.2, 0) is 16.1 Å². The van der Waals surface area contributed by atoms with Gasteiger partial charge in [-0.15, -0.1) is 0 Å². The number of fused-ring (bicyclic) bond motifs is 1. The summed E-state index contributed by atoms with van der Waals surface area (Å²) in [6, 6.07) is 2.57. The minimum atomic E-state index is -0.347. The van der Waals surface area contributed by atoms with Gasteiger partial charge in [-0.1, -0.05) is 0 Å². The first-order valence-electron chi connectivity index (χ1n) is 6.84. The van der Waals surface area contributed by atoms with Gasteiger partial charge in [-0.05, 0) is 41.4 Å². The first-order valence-corrected chi connectivity index (χ1v) is 7.63. The third-order valence-electron chi connectivity index (χ3n) is 3.22. The number of nitrogens with zero attached hydrogens (tertiary/aromatic N) is 1. The van der Waals surface area contributed by atoms with Crippen molar-refractivity contribution in [2.75, 3.05) is 6.61 Å². The van der Waals surface area contributed by atoms with Gasteiger partial charge in [0.15, 0.2) is 11.5 Å². The van der Waals surface area contributed by atoms with Gasteiger partial charge in [-0.25, -0.2) is 0 Å². The molecule has 2 aromatic rings. The van der Waals surface area contributed by atoms with Gasteiger partial charge >= 0.3 is 5.97 Å². The number of phenols is 2. The van der Waals surface area contributed by atoms with Gasteiger partial charge in [0, 0.05) is 29.0 Å². The average Bonchev–Trinajstić information content (AvgIpc) is 2.46. The molecule has 0 aliphatic carbocycles. The third-order valence-corrected chi connectivity index (χ3v) is 3.85. The van der Waals surface area contributed by atoms with E-state index in [1.807, 2.05) is 0 Å². The van der Waals surface area contributed by atoms with Crippen LogP contribution in [0.25, 0.3) is 10.8 Å². The Morgan fingerprint density at radius 1 is 1.27 bits per heavy atom. The van der Waals surface area contributed by atoms with Crippen LogP contribution in [0.15, 0.2) is 27.6 Å². The molecule has 118 valence electrons. The highest BCUT2D eigenvalue weighted by Crippen LogP contribution is 2.32. The van der Waals surface area contributed by atoms with Crippen molar-refractivity contribution in [1.82, 2.24) is 4.57 Å². The summed E-state index contributed by atoms with van der Waals surface area (Å²) in [6.45, 7) is 2.43. The molecule has 2 N–H and O–H groups in total. The lowest BCUT2D eigenvalue weighted by atomic mass is 10.1. The Bertz CT molecular complexity index is 769. The second-order valence-electron chi connectivity index (χ2n) is 4.77. The van der Waals surface area contributed by atoms with Crippen LogP contribution in [-0.4, -0.2) is 27.4 Å². The summed E-state index contributed by atoms with van der Waals surface area (Å²) >= 11 is 3.34. The number of aromatic hydroxyl groups is 2. The molecule has 0 atom stereocenters. The standard InChI is InChI=1S/C15H16BrNO5/c1-2-22-14(20)4-3-5-17-8-11(16)9-6-12(18)13(19)7-10(9)15(17)21/h6-8,18-19H,2-5H2,1H3. The molecule has 1 aromatic heterocycles. The van der Waals surface area contributed by atoms with Crippen LogP contribution in [0.3, 0.4) is 0 Å². The van der Waals surface area contributed by atoms with E-state index in [1.54, 1.807) is 13.1 Å². The van der Waals surface area contributed by atoms with E-state index in [-0.39, 0.29) is 29.4 Å². The van der Waals surface area contributed by atoms with Crippen molar-refractivity contribution < 1.29 is 19.7 Å². The van der Waals surface area contributed by atoms with Crippen molar-refractivity contribution in [2.45, 2.75) is 26.3 Å². The fourth-order valence-corrected chi connectivity index (χ4v) is 2.74. The molecule has 0 unspecified atom stereocenters. The maximum Gasteiger partial charge on any atom is 0.305 e. The Morgan fingerprint density at radius 2 is 1.91 bits per heavy atom. The molecule has 0 amide bonds. The lowest BCUT2D eigenvalue weighted by molar-refractivity contribution is -0.143. The SMILES string of the molecule is CCOC(=O)CCCn1cc(Br)c2cc(O)c(O)cc2c1=O. The maximum absolute atomic E-state index is 12.4. The first kappa shape index (κ1) is 16.4. The number of rotatable bonds is 5. The summed E-state index contributed by atoms with van der Waals surface area (Å²) in [7, 11) is 0. The van der Waals surface area contributed by atoms with Gasteiger partial charge in [0.1, 0.15) is 0 Å². The second-order valence-corrected chi connectivity index (χ2v) is 5.63. The second kappa shape index (κ2) is 6.83. The highest BCUT2D eigenvalue weighted by molar-refractivity contribution is 9.10. The van der Waals surface area contributed by atoms with Gasteiger partial charge in [0.05, 0.1) is 12.0 Å². The van der Waals surface area contributed by atoms with Crippen molar-refractivity contribution in [3.8, 4) is 11.5 Å². The molecule has 0 aliphatic rings. The van der Waals surface area contributed by atoms with E-state index in [9.17, 15) is 19.8 Å². The summed E-state index contributed by atoms with van der Waals surface area (Å²) in [4.78, 5) is 23.7. The molecule has 1 aromatic carbocycles. The lowest BCUT2D eigenvalue weighted by Gasteiger charge is -2.10. The Labute approximate surface area is 135 Å². The number of aryl methyl sites for hydroxylation is 1. The molecule has 0 saturated heterocycles. The number of ether oxygens (including phenoxy) is 1. The van der Waals surface area contributed by atoms with Crippen molar-refractivity contribution >= 4 is 32.7 Å². The highest BCUT2D eigenvalue weighted by atomic mass is 79.9. The Kier molecular flexibility index (Phi) is 5.07. The number of aromatic nitrogens is 1. The predicted octanol–water partition coefficient (Wildman–Crippen LogP) is 2.52. The molecule has 0 bridgehead atoms. The number of hydrogen-bond donors (Lipinski definition) is 2. The lowest BCUT2D eigenvalue weighted by Crippen LogP contribution is -2.20. The molecular formula is C15H16BrNO5. The molecule has 0 saturated carbocycles. The smallest absolute Gasteiger partial charge is 0.305 e. The summed E-state index contributed by atoms with van der Waals surface area (Å²) in [5.74, 6) is -0.925. The van der Waals surface area contributed by atoms with Gasteiger partial charge in [-0.2, -0.15) is 0 Å². The van der Waals surface area contributed by atoms with Crippen LogP contribution in [0.1, 0.15) is 19.8 Å². The normalized spacial score (nSPS) is 10.8. The Hall–Kier alpha value is -2.02. The zero-order valence-corrected chi connectivity index (χ0v) is 13.6. The maximum atomic E-state index is 12.4. The molecule has 0 aliphatic heterocycles. The molecule has 7 heteroatoms. The van der Waals surface area contributed by atoms with Gasteiger partial charge in [0.25, 0.3) is 5.56 Å². The van der Waals surface area contributed by atoms with Gasteiger partial charge in [-0.3, -0.25) is 9.59 Å². The zero-order chi connectivity index (χ0) is 16.3. The van der Waals surface area contributed by atoms with Crippen LogP contribution in [0.2, 0.25) is 0 Å². The topological polar surface area (TPSA) is 88.8 Å². The van der Waals surface area contributed by atoms with E-state index < -0.39 is 0 Å². The number of carbonyl (C=O) groups excluding carboxylic acids is 1. The van der Waals surface area contributed by atoms with Crippen LogP contribution in [0.5, 0.6) is 11.5 Å². The molecular weight excluding hydrogens is 354 g/mol. The molecule has 0 spiro atoms. The first-order chi connectivity index (χ1) is 10.4. The Morgan fingerprint density at radius 3 is 2.55 bits per heavy atom. The van der Waals surface area contributed by atoms with Crippen LogP contribution >= 0.6 is 15.9 Å². The number of phenolic OH excluding ortho intramolecular Hbond substituents is 2. The zero-order valence-electron chi connectivity index (χ0n) is 12.0. The highest BCUT2D eigenvalue weighted by Gasteiger charge is 2.11. The number of carbonyl (C=O) groups is 1. The predicted molar refractivity (Wildman–Crippen MR) is 85.1 cm³/mol. The van der Waals surface area contributed by atoms with Crippen LogP contribution in [0, 0.1) is 0 Å². The monoisotopic (exact) mass is 369 g/mol. The van der Waals surface area contributed by atoms with E-state index in [2.05, 4.69) is 15.9 Å². The summed E-state index contributed by atoms with van der Waals surface area (Å²) < 4.78 is 6.92. The summed E-state index contributed by atoms with van der Waals surface area (Å²) in [6.07, 6.45) is 2.31. The molecule has 6 nitrogen and oxygen atoms in total. The minimum Gasteiger partial charge on any atom is -0.504 e. The number of halogens is 1. The van der Waals surface area contributed by atoms with Gasteiger partial charge < -0.3 is 19.5 Å². The molecule has 22 heavy (non-hydrogen) atoms.